The fraction of sp³-hybridized carbons (Fsp3) is 0.571. The molecule has 0 aliphatic carbocycles. The molecule has 0 radical (unpaired) electrons. The highest BCUT2D eigenvalue weighted by Crippen LogP contribution is 2.50. The molecule has 2 aliphatic rings. The van der Waals surface area contributed by atoms with Crippen molar-refractivity contribution in [3.8, 4) is 17.2 Å². The first-order chi connectivity index (χ1) is 9.65. The number of rotatable bonds is 3. The predicted octanol–water partition coefficient (Wildman–Crippen LogP) is 2.14. The van der Waals surface area contributed by atoms with Crippen LogP contribution in [0.4, 0.5) is 0 Å². The van der Waals surface area contributed by atoms with E-state index in [1.807, 2.05) is 6.07 Å². The highest BCUT2D eigenvalue weighted by molar-refractivity contribution is 9.10. The van der Waals surface area contributed by atoms with Gasteiger partial charge in [0.05, 0.1) is 7.11 Å². The number of hydrogen-bond donors (Lipinski definition) is 1. The third kappa shape index (κ3) is 2.16. The Bertz CT molecular complexity index is 524. The molecule has 0 bridgehead atoms. The Morgan fingerprint density at radius 2 is 2.30 bits per heavy atom. The third-order valence-electron chi connectivity index (χ3n) is 4.12. The molecular weight excluding hydrogens is 324 g/mol. The zero-order valence-electron chi connectivity index (χ0n) is 11.7. The quantitative estimate of drug-likeness (QED) is 0.911. The minimum absolute atomic E-state index is 0.256. The molecule has 2 N–H and O–H groups in total. The molecule has 1 saturated heterocycles. The van der Waals surface area contributed by atoms with Crippen LogP contribution in [-0.4, -0.2) is 38.9 Å². The molecule has 0 spiro atoms. The van der Waals surface area contributed by atoms with Crippen LogP contribution in [0, 0.1) is 5.92 Å². The molecule has 2 atom stereocenters. The van der Waals surface area contributed by atoms with Gasteiger partial charge in [-0.25, -0.2) is 0 Å². The predicted molar refractivity (Wildman–Crippen MR) is 79.3 cm³/mol. The van der Waals surface area contributed by atoms with E-state index < -0.39 is 0 Å². The summed E-state index contributed by atoms with van der Waals surface area (Å²) >= 11 is 3.57. The van der Waals surface area contributed by atoms with Gasteiger partial charge < -0.3 is 19.9 Å². The summed E-state index contributed by atoms with van der Waals surface area (Å²) < 4.78 is 17.4. The molecule has 1 aromatic rings. The highest BCUT2D eigenvalue weighted by Gasteiger charge is 2.34. The van der Waals surface area contributed by atoms with Crippen molar-refractivity contribution >= 4 is 15.9 Å². The summed E-state index contributed by atoms with van der Waals surface area (Å²) in [6.07, 6.45) is 1.04. The summed E-state index contributed by atoms with van der Waals surface area (Å²) in [4.78, 5) is 2.32. The number of nitrogens with zero attached hydrogens (tertiary/aromatic N) is 1. The van der Waals surface area contributed by atoms with Gasteiger partial charge in [0.2, 0.25) is 6.79 Å². The van der Waals surface area contributed by atoms with Crippen molar-refractivity contribution in [3.63, 3.8) is 0 Å². The van der Waals surface area contributed by atoms with Gasteiger partial charge in [-0.15, -0.1) is 0 Å². The maximum absolute atomic E-state index is 5.82. The molecule has 0 amide bonds. The lowest BCUT2D eigenvalue weighted by atomic mass is 9.98. The Labute approximate surface area is 127 Å². The minimum Gasteiger partial charge on any atom is -0.495 e. The van der Waals surface area contributed by atoms with E-state index in [0.717, 1.165) is 46.8 Å². The summed E-state index contributed by atoms with van der Waals surface area (Å²) in [5, 5.41) is 0. The number of halogens is 1. The van der Waals surface area contributed by atoms with Crippen LogP contribution in [-0.2, 0) is 0 Å². The van der Waals surface area contributed by atoms with Gasteiger partial charge in [0.25, 0.3) is 0 Å². The van der Waals surface area contributed by atoms with Crippen molar-refractivity contribution in [3.05, 3.63) is 16.1 Å². The first-order valence-corrected chi connectivity index (χ1v) is 7.51. The monoisotopic (exact) mass is 342 g/mol. The molecule has 0 saturated carbocycles. The van der Waals surface area contributed by atoms with E-state index in [9.17, 15) is 0 Å². The lowest BCUT2D eigenvalue weighted by Gasteiger charge is -2.23. The fourth-order valence-corrected chi connectivity index (χ4v) is 3.80. The summed E-state index contributed by atoms with van der Waals surface area (Å²) in [5.74, 6) is 2.85. The van der Waals surface area contributed by atoms with Crippen LogP contribution < -0.4 is 19.9 Å². The Kier molecular flexibility index (Phi) is 3.79. The van der Waals surface area contributed by atoms with Crippen LogP contribution in [0.15, 0.2) is 10.5 Å². The van der Waals surface area contributed by atoms with E-state index in [4.69, 9.17) is 19.9 Å². The molecule has 1 aromatic carbocycles. The lowest BCUT2D eigenvalue weighted by Crippen LogP contribution is -2.21. The van der Waals surface area contributed by atoms with Crippen molar-refractivity contribution in [2.45, 2.75) is 12.5 Å². The Hall–Kier alpha value is -0.980. The molecule has 3 rings (SSSR count). The second kappa shape index (κ2) is 5.42. The largest absolute Gasteiger partial charge is 0.495 e. The van der Waals surface area contributed by atoms with Gasteiger partial charge in [-0.3, -0.25) is 4.90 Å². The maximum atomic E-state index is 5.82. The van der Waals surface area contributed by atoms with Gasteiger partial charge in [0.1, 0.15) is 10.2 Å². The second-order valence-corrected chi connectivity index (χ2v) is 6.13. The zero-order valence-corrected chi connectivity index (χ0v) is 13.3. The molecule has 1 fully saturated rings. The lowest BCUT2D eigenvalue weighted by molar-refractivity contribution is 0.173. The molecule has 110 valence electrons. The molecule has 5 nitrogen and oxygen atoms in total. The fourth-order valence-electron chi connectivity index (χ4n) is 3.10. The Morgan fingerprint density at radius 1 is 1.50 bits per heavy atom. The van der Waals surface area contributed by atoms with E-state index in [0.29, 0.717) is 12.0 Å². The molecular formula is C14H19BrN2O3. The number of benzene rings is 1. The van der Waals surface area contributed by atoms with Crippen molar-refractivity contribution in [2.24, 2.45) is 11.7 Å². The van der Waals surface area contributed by atoms with E-state index in [-0.39, 0.29) is 6.79 Å². The van der Waals surface area contributed by atoms with E-state index in [1.165, 1.54) is 0 Å². The summed E-state index contributed by atoms with van der Waals surface area (Å²) in [6.45, 7) is 1.98. The first kappa shape index (κ1) is 14.0. The number of hydrogen-bond acceptors (Lipinski definition) is 5. The standard InChI is InChI=1S/C14H19BrN2O3/c1-17-6-8(5-16)3-10(17)9-4-11-14(20-7-19-11)12(15)13(9)18-2/h4,8,10H,3,5-7,16H2,1-2H3. The average molecular weight is 343 g/mol. The van der Waals surface area contributed by atoms with Gasteiger partial charge in [-0.05, 0) is 47.9 Å². The summed E-state index contributed by atoms with van der Waals surface area (Å²) in [7, 11) is 3.80. The van der Waals surface area contributed by atoms with Gasteiger partial charge >= 0.3 is 0 Å². The van der Waals surface area contributed by atoms with Gasteiger partial charge in [0, 0.05) is 18.2 Å². The molecule has 2 heterocycles. The van der Waals surface area contributed by atoms with Crippen molar-refractivity contribution in [1.29, 1.82) is 0 Å². The molecule has 2 unspecified atom stereocenters. The molecule has 0 aromatic heterocycles. The smallest absolute Gasteiger partial charge is 0.231 e. The number of nitrogens with two attached hydrogens (primary N) is 1. The normalized spacial score (nSPS) is 25.2. The van der Waals surface area contributed by atoms with E-state index in [2.05, 4.69) is 27.9 Å². The van der Waals surface area contributed by atoms with Crippen LogP contribution in [0.3, 0.4) is 0 Å². The van der Waals surface area contributed by atoms with Crippen LogP contribution in [0.25, 0.3) is 0 Å². The Balaban J connectivity index is 2.03. The highest BCUT2D eigenvalue weighted by atomic mass is 79.9. The van der Waals surface area contributed by atoms with Gasteiger partial charge in [-0.2, -0.15) is 0 Å². The summed E-state index contributed by atoms with van der Waals surface area (Å²) in [5.41, 5.74) is 6.94. The number of likely N-dealkylation sites (tertiary alicyclic amines) is 1. The van der Waals surface area contributed by atoms with Crippen LogP contribution in [0.1, 0.15) is 18.0 Å². The zero-order chi connectivity index (χ0) is 14.3. The number of methoxy groups -OCH3 is 1. The second-order valence-electron chi connectivity index (χ2n) is 5.34. The van der Waals surface area contributed by atoms with Crippen molar-refractivity contribution in [2.75, 3.05) is 34.0 Å². The van der Waals surface area contributed by atoms with Crippen molar-refractivity contribution < 1.29 is 14.2 Å². The first-order valence-electron chi connectivity index (χ1n) is 6.72. The SMILES string of the molecule is COc1c(C2CC(CN)CN2C)cc2c(c1Br)OCO2. The van der Waals surface area contributed by atoms with Gasteiger partial charge in [-0.1, -0.05) is 0 Å². The number of fused-ring (bicyclic) bond motifs is 1. The molecule has 6 heteroatoms. The van der Waals surface area contributed by atoms with Gasteiger partial charge in [0.15, 0.2) is 11.5 Å². The van der Waals surface area contributed by atoms with E-state index >= 15 is 0 Å². The van der Waals surface area contributed by atoms with Crippen LogP contribution >= 0.6 is 15.9 Å². The average Bonchev–Trinajstić information content (AvgIpc) is 3.04. The Morgan fingerprint density at radius 3 is 2.95 bits per heavy atom. The molecule has 2 aliphatic heterocycles. The minimum atomic E-state index is 0.256. The van der Waals surface area contributed by atoms with Crippen molar-refractivity contribution in [1.82, 2.24) is 4.90 Å². The topological polar surface area (TPSA) is 57.0 Å². The van der Waals surface area contributed by atoms with Crippen LogP contribution in [0.5, 0.6) is 17.2 Å². The summed E-state index contributed by atoms with van der Waals surface area (Å²) in [6, 6.07) is 2.33. The van der Waals surface area contributed by atoms with Crippen LogP contribution in [0.2, 0.25) is 0 Å². The molecule has 20 heavy (non-hydrogen) atoms. The van der Waals surface area contributed by atoms with E-state index in [1.54, 1.807) is 7.11 Å². The number of ether oxygens (including phenoxy) is 3. The third-order valence-corrected chi connectivity index (χ3v) is 4.84. The maximum Gasteiger partial charge on any atom is 0.231 e.